The summed E-state index contributed by atoms with van der Waals surface area (Å²) in [6, 6.07) is 15.4. The second-order valence-corrected chi connectivity index (χ2v) is 5.06. The molecule has 112 valence electrons. The smallest absolute Gasteiger partial charge is 0.353 e. The number of hydrogen-bond donors (Lipinski definition) is 1. The number of anilines is 1. The Morgan fingerprint density at radius 2 is 1.52 bits per heavy atom. The van der Waals surface area contributed by atoms with E-state index in [0.717, 1.165) is 21.8 Å². The maximum atomic E-state index is 11.4. The van der Waals surface area contributed by atoms with Crippen LogP contribution in [-0.2, 0) is 0 Å². The zero-order chi connectivity index (χ0) is 16.0. The molecule has 7 nitrogen and oxygen atoms in total. The van der Waals surface area contributed by atoms with Gasteiger partial charge in [-0.1, -0.05) is 36.4 Å². The van der Waals surface area contributed by atoms with Gasteiger partial charge in [0.15, 0.2) is 0 Å². The molecule has 2 aromatic carbocycles. The van der Waals surface area contributed by atoms with Crippen LogP contribution < -0.4 is 5.73 Å². The normalized spacial score (nSPS) is 11.1. The van der Waals surface area contributed by atoms with E-state index >= 15 is 0 Å². The third-order valence-electron chi connectivity index (χ3n) is 3.81. The minimum atomic E-state index is -0.547. The van der Waals surface area contributed by atoms with E-state index in [2.05, 4.69) is 9.97 Å². The monoisotopic (exact) mass is 305 g/mol. The van der Waals surface area contributed by atoms with Crippen molar-refractivity contribution in [2.75, 3.05) is 5.73 Å². The summed E-state index contributed by atoms with van der Waals surface area (Å²) >= 11 is 0. The molecule has 23 heavy (non-hydrogen) atoms. The van der Waals surface area contributed by atoms with Crippen molar-refractivity contribution in [2.24, 2.45) is 0 Å². The zero-order valence-corrected chi connectivity index (χ0v) is 11.9. The summed E-state index contributed by atoms with van der Waals surface area (Å²) in [5.74, 6) is 0.0155. The predicted octanol–water partition coefficient (Wildman–Crippen LogP) is 3.06. The molecule has 2 aromatic heterocycles. The van der Waals surface area contributed by atoms with Crippen LogP contribution in [0, 0.1) is 10.1 Å². The first-order chi connectivity index (χ1) is 11.2. The fraction of sp³-hybridized carbons (Fsp3) is 0. The highest BCUT2D eigenvalue weighted by Crippen LogP contribution is 2.35. The molecule has 0 amide bonds. The van der Waals surface area contributed by atoms with Crippen molar-refractivity contribution in [1.82, 2.24) is 14.5 Å². The zero-order valence-electron chi connectivity index (χ0n) is 11.9. The van der Waals surface area contributed by atoms with Gasteiger partial charge in [0.25, 0.3) is 0 Å². The van der Waals surface area contributed by atoms with Gasteiger partial charge in [0.05, 0.1) is 16.0 Å². The predicted molar refractivity (Wildman–Crippen MR) is 87.4 cm³/mol. The van der Waals surface area contributed by atoms with Crippen molar-refractivity contribution < 1.29 is 4.92 Å². The van der Waals surface area contributed by atoms with Gasteiger partial charge in [0.1, 0.15) is 6.33 Å². The van der Waals surface area contributed by atoms with Crippen molar-refractivity contribution >= 4 is 33.3 Å². The van der Waals surface area contributed by atoms with Crippen LogP contribution in [0.15, 0.2) is 54.9 Å². The first-order valence-corrected chi connectivity index (χ1v) is 6.92. The molecule has 0 aliphatic rings. The third-order valence-corrected chi connectivity index (χ3v) is 3.81. The van der Waals surface area contributed by atoms with E-state index in [1.165, 1.54) is 6.33 Å². The quantitative estimate of drug-likeness (QED) is 0.453. The summed E-state index contributed by atoms with van der Waals surface area (Å²) in [5, 5.41) is 13.4. The summed E-state index contributed by atoms with van der Waals surface area (Å²) < 4.78 is 1.75. The molecular formula is C16H11N5O2. The number of aromatic nitrogens is 3. The Morgan fingerprint density at radius 1 is 0.957 bits per heavy atom. The number of benzene rings is 2. The number of rotatable bonds is 2. The molecule has 0 aliphatic heterocycles. The second kappa shape index (κ2) is 4.77. The molecule has 2 heterocycles. The fourth-order valence-corrected chi connectivity index (χ4v) is 2.87. The van der Waals surface area contributed by atoms with Gasteiger partial charge in [0.2, 0.25) is 11.6 Å². The standard InChI is InChI=1S/C16H11N5O2/c17-15-14(21(22)23)16(19-9-18-15)20-12-7-3-1-5-10(12)11-6-2-4-8-13(11)20/h1-9H,(H2,17,18,19). The van der Waals surface area contributed by atoms with Gasteiger partial charge in [-0.3, -0.25) is 14.7 Å². The lowest BCUT2D eigenvalue weighted by atomic mass is 10.2. The van der Waals surface area contributed by atoms with Crippen molar-refractivity contribution in [3.05, 3.63) is 65.0 Å². The summed E-state index contributed by atoms with van der Waals surface area (Å²) in [5.41, 5.74) is 7.08. The van der Waals surface area contributed by atoms with E-state index in [1.807, 2.05) is 48.5 Å². The largest absolute Gasteiger partial charge is 0.378 e. The molecule has 7 heteroatoms. The summed E-state index contributed by atoms with van der Waals surface area (Å²) in [6.45, 7) is 0. The molecule has 0 atom stereocenters. The molecule has 0 aliphatic carbocycles. The maximum absolute atomic E-state index is 11.4. The van der Waals surface area contributed by atoms with Gasteiger partial charge in [0, 0.05) is 10.8 Å². The number of hydrogen-bond acceptors (Lipinski definition) is 5. The van der Waals surface area contributed by atoms with Crippen LogP contribution in [0.5, 0.6) is 0 Å². The molecule has 4 rings (SSSR count). The van der Waals surface area contributed by atoms with Crippen molar-refractivity contribution in [3.63, 3.8) is 0 Å². The van der Waals surface area contributed by atoms with E-state index in [1.54, 1.807) is 4.57 Å². The van der Waals surface area contributed by atoms with Gasteiger partial charge in [-0.15, -0.1) is 0 Å². The molecule has 0 saturated carbocycles. The topological polar surface area (TPSA) is 99.9 Å². The highest BCUT2D eigenvalue weighted by molar-refractivity contribution is 6.09. The van der Waals surface area contributed by atoms with Crippen LogP contribution in [0.3, 0.4) is 0 Å². The van der Waals surface area contributed by atoms with E-state index in [4.69, 9.17) is 5.73 Å². The Hall–Kier alpha value is -3.48. The number of nitrogen functional groups attached to an aromatic ring is 1. The van der Waals surface area contributed by atoms with Crippen molar-refractivity contribution in [1.29, 1.82) is 0 Å². The summed E-state index contributed by atoms with van der Waals surface area (Å²) in [6.07, 6.45) is 1.24. The minimum absolute atomic E-state index is 0.151. The Balaban J connectivity index is 2.22. The Labute approximate surface area is 130 Å². The number of para-hydroxylation sites is 2. The van der Waals surface area contributed by atoms with Gasteiger partial charge in [-0.2, -0.15) is 0 Å². The average Bonchev–Trinajstić information content (AvgIpc) is 2.89. The van der Waals surface area contributed by atoms with Crippen LogP contribution in [-0.4, -0.2) is 19.5 Å². The second-order valence-electron chi connectivity index (χ2n) is 5.06. The van der Waals surface area contributed by atoms with Crippen LogP contribution in [0.2, 0.25) is 0 Å². The van der Waals surface area contributed by atoms with Crippen LogP contribution in [0.25, 0.3) is 27.6 Å². The van der Waals surface area contributed by atoms with Gasteiger partial charge in [-0.25, -0.2) is 9.97 Å². The highest BCUT2D eigenvalue weighted by Gasteiger charge is 2.25. The average molecular weight is 305 g/mol. The number of nitrogens with zero attached hydrogens (tertiary/aromatic N) is 4. The molecule has 0 saturated heterocycles. The van der Waals surface area contributed by atoms with E-state index in [0.29, 0.717) is 0 Å². The number of fused-ring (bicyclic) bond motifs is 3. The van der Waals surface area contributed by atoms with Crippen molar-refractivity contribution in [2.45, 2.75) is 0 Å². The molecule has 0 fully saturated rings. The maximum Gasteiger partial charge on any atom is 0.353 e. The van der Waals surface area contributed by atoms with Gasteiger partial charge >= 0.3 is 5.69 Å². The summed E-state index contributed by atoms with van der Waals surface area (Å²) in [4.78, 5) is 18.8. The molecule has 0 bridgehead atoms. The fourth-order valence-electron chi connectivity index (χ4n) is 2.87. The first kappa shape index (κ1) is 13.2. The molecule has 4 aromatic rings. The number of nitro groups is 1. The van der Waals surface area contributed by atoms with E-state index in [9.17, 15) is 10.1 Å². The van der Waals surface area contributed by atoms with Crippen molar-refractivity contribution in [3.8, 4) is 5.82 Å². The summed E-state index contributed by atoms with van der Waals surface area (Å²) in [7, 11) is 0. The van der Waals surface area contributed by atoms with Gasteiger partial charge in [-0.05, 0) is 12.1 Å². The highest BCUT2D eigenvalue weighted by atomic mass is 16.6. The van der Waals surface area contributed by atoms with Crippen LogP contribution in [0.4, 0.5) is 11.5 Å². The lowest BCUT2D eigenvalue weighted by Crippen LogP contribution is -2.07. The van der Waals surface area contributed by atoms with Crippen LogP contribution in [0.1, 0.15) is 0 Å². The SMILES string of the molecule is Nc1ncnc(-n2c3ccccc3c3ccccc32)c1[N+](=O)[O-]. The molecule has 0 unspecified atom stereocenters. The first-order valence-electron chi connectivity index (χ1n) is 6.92. The molecule has 0 radical (unpaired) electrons. The van der Waals surface area contributed by atoms with E-state index < -0.39 is 4.92 Å². The molecular weight excluding hydrogens is 294 g/mol. The van der Waals surface area contributed by atoms with E-state index in [-0.39, 0.29) is 17.3 Å². The lowest BCUT2D eigenvalue weighted by Gasteiger charge is -2.07. The molecule has 2 N–H and O–H groups in total. The Kier molecular flexibility index (Phi) is 2.74. The molecule has 0 spiro atoms. The van der Waals surface area contributed by atoms with Gasteiger partial charge < -0.3 is 5.73 Å². The third kappa shape index (κ3) is 1.83. The Bertz CT molecular complexity index is 1020. The minimum Gasteiger partial charge on any atom is -0.378 e. The lowest BCUT2D eigenvalue weighted by molar-refractivity contribution is -0.384. The number of nitrogens with two attached hydrogens (primary N) is 1. The Morgan fingerprint density at radius 3 is 2.09 bits per heavy atom. The van der Waals surface area contributed by atoms with Crippen LogP contribution >= 0.6 is 0 Å².